The molecule has 8 nitrogen and oxygen atoms in total. The second-order valence-corrected chi connectivity index (χ2v) is 5.09. The number of tetrazole rings is 1. The van der Waals surface area contributed by atoms with Gasteiger partial charge in [0.05, 0.1) is 0 Å². The summed E-state index contributed by atoms with van der Waals surface area (Å²) in [5.74, 6) is -1.55. The standard InChI is InChI=1S/C15H14N6O2/c16-12-3-1-9(2-4-12)5-10-7-17-8-11(10)6-13(22)14(23)15-18-20-21-19-15/h1-4,7-8,17H,5-6,16H2,(H,18,19,20,21). The molecule has 2 heterocycles. The van der Waals surface area contributed by atoms with Gasteiger partial charge in [-0.3, -0.25) is 9.59 Å². The van der Waals surface area contributed by atoms with Crippen LogP contribution < -0.4 is 5.73 Å². The number of benzene rings is 1. The molecule has 2 aromatic heterocycles. The van der Waals surface area contributed by atoms with Crippen LogP contribution in [0, 0.1) is 0 Å². The van der Waals surface area contributed by atoms with Crippen LogP contribution in [0.1, 0.15) is 27.3 Å². The molecule has 1 aromatic carbocycles. The minimum Gasteiger partial charge on any atom is -0.399 e. The van der Waals surface area contributed by atoms with E-state index in [4.69, 9.17) is 5.73 Å². The van der Waals surface area contributed by atoms with Gasteiger partial charge < -0.3 is 10.7 Å². The molecular formula is C15H14N6O2. The molecule has 0 saturated carbocycles. The van der Waals surface area contributed by atoms with E-state index < -0.39 is 11.6 Å². The molecule has 116 valence electrons. The number of nitrogens with one attached hydrogen (secondary N) is 2. The van der Waals surface area contributed by atoms with E-state index in [2.05, 4.69) is 25.6 Å². The predicted molar refractivity (Wildman–Crippen MR) is 81.7 cm³/mol. The maximum atomic E-state index is 12.1. The lowest BCUT2D eigenvalue weighted by atomic mass is 9.99. The molecule has 0 spiro atoms. The maximum absolute atomic E-state index is 12.1. The molecule has 0 aliphatic carbocycles. The molecule has 0 radical (unpaired) electrons. The third-order valence-electron chi connectivity index (χ3n) is 3.45. The van der Waals surface area contributed by atoms with Crippen molar-refractivity contribution in [3.05, 3.63) is 59.2 Å². The number of ketones is 2. The van der Waals surface area contributed by atoms with Gasteiger partial charge in [-0.1, -0.05) is 12.1 Å². The number of hydrogen-bond donors (Lipinski definition) is 3. The number of aromatic amines is 2. The van der Waals surface area contributed by atoms with Gasteiger partial charge in [0.2, 0.25) is 11.6 Å². The Morgan fingerprint density at radius 3 is 2.52 bits per heavy atom. The van der Waals surface area contributed by atoms with Gasteiger partial charge in [0.15, 0.2) is 0 Å². The monoisotopic (exact) mass is 310 g/mol. The van der Waals surface area contributed by atoms with E-state index in [0.717, 1.165) is 16.7 Å². The van der Waals surface area contributed by atoms with E-state index in [-0.39, 0.29) is 12.2 Å². The van der Waals surface area contributed by atoms with Gasteiger partial charge in [0, 0.05) is 24.5 Å². The van der Waals surface area contributed by atoms with E-state index in [0.29, 0.717) is 12.1 Å². The first kappa shape index (κ1) is 14.6. The molecule has 3 rings (SSSR count). The van der Waals surface area contributed by atoms with E-state index in [1.807, 2.05) is 30.5 Å². The third kappa shape index (κ3) is 3.31. The van der Waals surface area contributed by atoms with E-state index in [1.165, 1.54) is 0 Å². The fourth-order valence-corrected chi connectivity index (χ4v) is 2.25. The van der Waals surface area contributed by atoms with Crippen LogP contribution in [-0.4, -0.2) is 37.2 Å². The summed E-state index contributed by atoms with van der Waals surface area (Å²) in [6.45, 7) is 0. The Bertz CT molecular complexity index is 820. The van der Waals surface area contributed by atoms with Gasteiger partial charge in [0.1, 0.15) is 0 Å². The van der Waals surface area contributed by atoms with Crippen molar-refractivity contribution in [3.8, 4) is 0 Å². The smallest absolute Gasteiger partial charge is 0.269 e. The Morgan fingerprint density at radius 1 is 1.09 bits per heavy atom. The van der Waals surface area contributed by atoms with Crippen molar-refractivity contribution in [3.63, 3.8) is 0 Å². The number of Topliss-reactive ketones (excluding diaryl/α,β-unsaturated/α-hetero) is 2. The number of rotatable bonds is 6. The minimum atomic E-state index is -0.751. The Hall–Kier alpha value is -3.29. The molecule has 0 fully saturated rings. The first-order valence-electron chi connectivity index (χ1n) is 6.93. The number of aromatic nitrogens is 5. The summed E-state index contributed by atoms with van der Waals surface area (Å²) in [5, 5.41) is 12.5. The van der Waals surface area contributed by atoms with Crippen LogP contribution in [0.3, 0.4) is 0 Å². The molecule has 0 aliphatic rings. The summed E-state index contributed by atoms with van der Waals surface area (Å²) in [7, 11) is 0. The lowest BCUT2D eigenvalue weighted by molar-refractivity contribution is -0.114. The third-order valence-corrected chi connectivity index (χ3v) is 3.45. The van der Waals surface area contributed by atoms with Crippen molar-refractivity contribution in [2.24, 2.45) is 0 Å². The number of carbonyl (C=O) groups excluding carboxylic acids is 2. The van der Waals surface area contributed by atoms with Crippen molar-refractivity contribution in [1.29, 1.82) is 0 Å². The van der Waals surface area contributed by atoms with E-state index in [9.17, 15) is 9.59 Å². The zero-order chi connectivity index (χ0) is 16.2. The highest BCUT2D eigenvalue weighted by Crippen LogP contribution is 2.16. The Labute approximate surface area is 131 Å². The highest BCUT2D eigenvalue weighted by atomic mass is 16.2. The van der Waals surface area contributed by atoms with Crippen LogP contribution >= 0.6 is 0 Å². The highest BCUT2D eigenvalue weighted by Gasteiger charge is 2.22. The number of nitrogens with zero attached hydrogens (tertiary/aromatic N) is 3. The molecule has 4 N–H and O–H groups in total. The summed E-state index contributed by atoms with van der Waals surface area (Å²) in [6, 6.07) is 7.51. The quantitative estimate of drug-likeness (QED) is 0.349. The molecule has 0 atom stereocenters. The van der Waals surface area contributed by atoms with Crippen molar-refractivity contribution in [2.75, 3.05) is 5.73 Å². The first-order valence-corrected chi connectivity index (χ1v) is 6.93. The van der Waals surface area contributed by atoms with Crippen molar-refractivity contribution in [2.45, 2.75) is 12.8 Å². The predicted octanol–water partition coefficient (Wildman–Crippen LogP) is 0.695. The van der Waals surface area contributed by atoms with Crippen molar-refractivity contribution >= 4 is 17.3 Å². The van der Waals surface area contributed by atoms with Crippen LogP contribution in [0.15, 0.2) is 36.7 Å². The minimum absolute atomic E-state index is 0.0127. The number of hydrogen-bond acceptors (Lipinski definition) is 6. The first-order chi connectivity index (χ1) is 11.1. The largest absolute Gasteiger partial charge is 0.399 e. The van der Waals surface area contributed by atoms with Gasteiger partial charge in [0.25, 0.3) is 5.78 Å². The highest BCUT2D eigenvalue weighted by molar-refractivity contribution is 6.43. The zero-order valence-corrected chi connectivity index (χ0v) is 12.1. The molecule has 23 heavy (non-hydrogen) atoms. The molecule has 0 unspecified atom stereocenters. The lowest BCUT2D eigenvalue weighted by Gasteiger charge is -2.04. The topological polar surface area (TPSA) is 130 Å². The fraction of sp³-hybridized carbons (Fsp3) is 0.133. The summed E-state index contributed by atoms with van der Waals surface area (Å²) in [4.78, 5) is 26.9. The fourth-order valence-electron chi connectivity index (χ4n) is 2.25. The summed E-state index contributed by atoms with van der Waals surface area (Å²) in [5.41, 5.74) is 9.15. The number of nitrogen functional groups attached to an aromatic ring is 1. The molecule has 3 aromatic rings. The summed E-state index contributed by atoms with van der Waals surface area (Å²) < 4.78 is 0. The van der Waals surface area contributed by atoms with Crippen LogP contribution in [-0.2, 0) is 17.6 Å². The van der Waals surface area contributed by atoms with E-state index in [1.54, 1.807) is 6.20 Å². The van der Waals surface area contributed by atoms with Gasteiger partial charge >= 0.3 is 0 Å². The SMILES string of the molecule is Nc1ccc(Cc2c[nH]cc2CC(=O)C(=O)c2nn[nH]n2)cc1. The Balaban J connectivity index is 1.72. The molecule has 0 saturated heterocycles. The van der Waals surface area contributed by atoms with Crippen LogP contribution in [0.4, 0.5) is 5.69 Å². The second kappa shape index (κ2) is 6.22. The zero-order valence-electron chi connectivity index (χ0n) is 12.1. The average molecular weight is 310 g/mol. The van der Waals surface area contributed by atoms with Gasteiger partial charge in [-0.15, -0.1) is 10.2 Å². The lowest BCUT2D eigenvalue weighted by Crippen LogP contribution is -2.18. The van der Waals surface area contributed by atoms with Crippen LogP contribution in [0.5, 0.6) is 0 Å². The van der Waals surface area contributed by atoms with Gasteiger partial charge in [-0.25, -0.2) is 0 Å². The Morgan fingerprint density at radius 2 is 1.83 bits per heavy atom. The normalized spacial score (nSPS) is 10.6. The number of H-pyrrole nitrogens is 2. The van der Waals surface area contributed by atoms with E-state index >= 15 is 0 Å². The van der Waals surface area contributed by atoms with Crippen LogP contribution in [0.2, 0.25) is 0 Å². The summed E-state index contributed by atoms with van der Waals surface area (Å²) in [6.07, 6.45) is 4.16. The molecule has 8 heteroatoms. The number of nitrogens with two attached hydrogens (primary N) is 1. The molecule has 0 amide bonds. The van der Waals surface area contributed by atoms with Crippen molar-refractivity contribution in [1.82, 2.24) is 25.6 Å². The second-order valence-electron chi connectivity index (χ2n) is 5.09. The molecule has 0 bridgehead atoms. The molecule has 0 aliphatic heterocycles. The number of carbonyl (C=O) groups is 2. The van der Waals surface area contributed by atoms with Gasteiger partial charge in [-0.2, -0.15) is 5.21 Å². The maximum Gasteiger partial charge on any atom is 0.269 e. The molecular weight excluding hydrogens is 296 g/mol. The van der Waals surface area contributed by atoms with Gasteiger partial charge in [-0.05, 0) is 40.5 Å². The average Bonchev–Trinajstić information content (AvgIpc) is 3.21. The number of anilines is 1. The summed E-state index contributed by atoms with van der Waals surface area (Å²) >= 11 is 0. The van der Waals surface area contributed by atoms with Crippen LogP contribution in [0.25, 0.3) is 0 Å². The Kier molecular flexibility index (Phi) is 3.96. The van der Waals surface area contributed by atoms with Crippen molar-refractivity contribution < 1.29 is 9.59 Å².